The van der Waals surface area contributed by atoms with E-state index >= 15 is 0 Å². The fourth-order valence-electron chi connectivity index (χ4n) is 2.43. The molecule has 20 heavy (non-hydrogen) atoms. The molecule has 0 saturated carbocycles. The van der Waals surface area contributed by atoms with Gasteiger partial charge in [-0.25, -0.2) is 0 Å². The molecular weight excluding hydrogens is 250 g/mol. The van der Waals surface area contributed by atoms with Crippen LogP contribution >= 0.6 is 0 Å². The smallest absolute Gasteiger partial charge is 0.311 e. The Labute approximate surface area is 120 Å². The highest BCUT2D eigenvalue weighted by molar-refractivity contribution is 5.89. The number of fused-ring (bicyclic) bond motifs is 1. The van der Waals surface area contributed by atoms with Gasteiger partial charge < -0.3 is 9.30 Å². The summed E-state index contributed by atoms with van der Waals surface area (Å²) in [6.07, 6.45) is 8.09. The molecule has 0 aliphatic carbocycles. The van der Waals surface area contributed by atoms with Gasteiger partial charge in [-0.15, -0.1) is 0 Å². The number of benzene rings is 1. The third kappa shape index (κ3) is 3.62. The molecule has 0 atom stereocenters. The Morgan fingerprint density at radius 1 is 1.15 bits per heavy atom. The molecule has 0 bridgehead atoms. The van der Waals surface area contributed by atoms with Crippen LogP contribution in [0.1, 0.15) is 45.4 Å². The molecule has 2 aromatic rings. The normalized spacial score (nSPS) is 10.9. The second-order valence-electron chi connectivity index (χ2n) is 5.26. The maximum Gasteiger partial charge on any atom is 0.311 e. The van der Waals surface area contributed by atoms with E-state index < -0.39 is 0 Å². The minimum absolute atomic E-state index is 0.127. The Bertz CT molecular complexity index is 571. The predicted molar refractivity (Wildman–Crippen MR) is 81.9 cm³/mol. The maximum absolute atomic E-state index is 11.9. The number of nitrogens with zero attached hydrogens (tertiary/aromatic N) is 1. The molecule has 0 aliphatic heterocycles. The largest absolute Gasteiger partial charge is 0.424 e. The van der Waals surface area contributed by atoms with Crippen molar-refractivity contribution in [3.05, 3.63) is 30.5 Å². The van der Waals surface area contributed by atoms with Gasteiger partial charge in [0.2, 0.25) is 0 Å². The van der Waals surface area contributed by atoms with Gasteiger partial charge >= 0.3 is 5.97 Å². The number of ether oxygens (including phenoxy) is 1. The number of esters is 1. The lowest BCUT2D eigenvalue weighted by Crippen LogP contribution is -2.07. The Kier molecular flexibility index (Phi) is 5.22. The molecule has 108 valence electrons. The van der Waals surface area contributed by atoms with Gasteiger partial charge in [0.1, 0.15) is 0 Å². The number of para-hydroxylation sites is 1. The predicted octanol–water partition coefficient (Wildman–Crippen LogP) is 4.44. The van der Waals surface area contributed by atoms with Crippen molar-refractivity contribution in [2.45, 2.75) is 45.4 Å². The minimum atomic E-state index is -0.127. The summed E-state index contributed by atoms with van der Waals surface area (Å²) < 4.78 is 7.48. The Morgan fingerprint density at radius 3 is 2.70 bits per heavy atom. The van der Waals surface area contributed by atoms with Gasteiger partial charge in [-0.2, -0.15) is 0 Å². The first-order valence-electron chi connectivity index (χ1n) is 7.47. The van der Waals surface area contributed by atoms with E-state index in [1.807, 2.05) is 42.1 Å². The molecule has 1 aromatic carbocycles. The van der Waals surface area contributed by atoms with Gasteiger partial charge in [-0.3, -0.25) is 4.79 Å². The quantitative estimate of drug-likeness (QED) is 0.551. The van der Waals surface area contributed by atoms with Crippen molar-refractivity contribution in [1.29, 1.82) is 0 Å². The van der Waals surface area contributed by atoms with E-state index in [0.29, 0.717) is 12.2 Å². The first-order valence-corrected chi connectivity index (χ1v) is 7.47. The summed E-state index contributed by atoms with van der Waals surface area (Å²) in [5.41, 5.74) is 1.08. The molecule has 3 heteroatoms. The van der Waals surface area contributed by atoms with Gasteiger partial charge in [-0.05, 0) is 18.6 Å². The summed E-state index contributed by atoms with van der Waals surface area (Å²) in [6.45, 7) is 2.19. The lowest BCUT2D eigenvalue weighted by molar-refractivity contribution is -0.134. The highest BCUT2D eigenvalue weighted by Gasteiger charge is 2.11. The Balaban J connectivity index is 1.90. The topological polar surface area (TPSA) is 31.2 Å². The van der Waals surface area contributed by atoms with Crippen LogP contribution in [0.3, 0.4) is 0 Å². The average molecular weight is 273 g/mol. The van der Waals surface area contributed by atoms with Crippen molar-refractivity contribution in [2.75, 3.05) is 0 Å². The summed E-state index contributed by atoms with van der Waals surface area (Å²) in [4.78, 5) is 11.9. The van der Waals surface area contributed by atoms with Crippen molar-refractivity contribution in [1.82, 2.24) is 4.57 Å². The standard InChI is InChI=1S/C17H23NO2/c1-3-4-5-6-7-12-17(19)20-16-13-18(2)15-11-9-8-10-14(15)16/h8-11,13H,3-7,12H2,1-2H3. The highest BCUT2D eigenvalue weighted by atomic mass is 16.5. The lowest BCUT2D eigenvalue weighted by Gasteiger charge is -2.03. The molecule has 0 fully saturated rings. The van der Waals surface area contributed by atoms with Crippen LogP contribution in [0.4, 0.5) is 0 Å². The van der Waals surface area contributed by atoms with Crippen molar-refractivity contribution in [3.8, 4) is 5.75 Å². The van der Waals surface area contributed by atoms with Crippen LogP contribution in [-0.2, 0) is 11.8 Å². The molecule has 0 N–H and O–H groups in total. The summed E-state index contributed by atoms with van der Waals surface area (Å²) in [5, 5.41) is 0.995. The van der Waals surface area contributed by atoms with Gasteiger partial charge in [0.05, 0.1) is 5.52 Å². The molecule has 0 saturated heterocycles. The fourth-order valence-corrected chi connectivity index (χ4v) is 2.43. The SMILES string of the molecule is CCCCCCCC(=O)Oc1cn(C)c2ccccc12. The third-order valence-corrected chi connectivity index (χ3v) is 3.57. The molecule has 3 nitrogen and oxygen atoms in total. The second kappa shape index (κ2) is 7.13. The van der Waals surface area contributed by atoms with Crippen LogP contribution in [0.15, 0.2) is 30.5 Å². The summed E-state index contributed by atoms with van der Waals surface area (Å²) >= 11 is 0. The summed E-state index contributed by atoms with van der Waals surface area (Å²) in [6, 6.07) is 7.96. The van der Waals surface area contributed by atoms with Crippen LogP contribution in [0.25, 0.3) is 10.9 Å². The molecule has 1 aromatic heterocycles. The first kappa shape index (κ1) is 14.6. The zero-order valence-electron chi connectivity index (χ0n) is 12.4. The maximum atomic E-state index is 11.9. The third-order valence-electron chi connectivity index (χ3n) is 3.57. The number of aryl methyl sites for hydroxylation is 1. The van der Waals surface area contributed by atoms with Crippen LogP contribution in [0, 0.1) is 0 Å². The Morgan fingerprint density at radius 2 is 1.90 bits per heavy atom. The zero-order valence-corrected chi connectivity index (χ0v) is 12.4. The van der Waals surface area contributed by atoms with Crippen molar-refractivity contribution >= 4 is 16.9 Å². The number of unbranched alkanes of at least 4 members (excludes halogenated alkanes) is 4. The van der Waals surface area contributed by atoms with Crippen LogP contribution in [-0.4, -0.2) is 10.5 Å². The zero-order chi connectivity index (χ0) is 14.4. The molecule has 0 amide bonds. The lowest BCUT2D eigenvalue weighted by atomic mass is 10.1. The minimum Gasteiger partial charge on any atom is -0.424 e. The monoisotopic (exact) mass is 273 g/mol. The number of aromatic nitrogens is 1. The number of hydrogen-bond donors (Lipinski definition) is 0. The Hall–Kier alpha value is -1.77. The highest BCUT2D eigenvalue weighted by Crippen LogP contribution is 2.27. The first-order chi connectivity index (χ1) is 9.72. The van der Waals surface area contributed by atoms with Gasteiger partial charge in [0.15, 0.2) is 5.75 Å². The van der Waals surface area contributed by atoms with E-state index in [2.05, 4.69) is 6.92 Å². The fraction of sp³-hybridized carbons (Fsp3) is 0.471. The number of carbonyl (C=O) groups excluding carboxylic acids is 1. The van der Waals surface area contributed by atoms with Gasteiger partial charge in [0, 0.05) is 25.1 Å². The van der Waals surface area contributed by atoms with E-state index in [1.165, 1.54) is 19.3 Å². The molecular formula is C17H23NO2. The van der Waals surface area contributed by atoms with Crippen molar-refractivity contribution in [3.63, 3.8) is 0 Å². The molecule has 2 rings (SSSR count). The molecule has 0 aliphatic rings. The molecule has 0 radical (unpaired) electrons. The van der Waals surface area contributed by atoms with Gasteiger partial charge in [-0.1, -0.05) is 44.7 Å². The van der Waals surface area contributed by atoms with Crippen LogP contribution in [0.5, 0.6) is 5.75 Å². The van der Waals surface area contributed by atoms with E-state index in [4.69, 9.17) is 4.74 Å². The van der Waals surface area contributed by atoms with E-state index in [1.54, 1.807) is 0 Å². The molecule has 0 spiro atoms. The number of carbonyl (C=O) groups is 1. The van der Waals surface area contributed by atoms with Crippen molar-refractivity contribution in [2.24, 2.45) is 7.05 Å². The summed E-state index contributed by atoms with van der Waals surface area (Å²) in [7, 11) is 1.96. The average Bonchev–Trinajstić information content (AvgIpc) is 2.76. The van der Waals surface area contributed by atoms with Gasteiger partial charge in [0.25, 0.3) is 0 Å². The van der Waals surface area contributed by atoms with Crippen molar-refractivity contribution < 1.29 is 9.53 Å². The van der Waals surface area contributed by atoms with E-state index in [0.717, 1.165) is 23.7 Å². The number of hydrogen-bond acceptors (Lipinski definition) is 2. The summed E-state index contributed by atoms with van der Waals surface area (Å²) in [5.74, 6) is 0.541. The number of rotatable bonds is 7. The van der Waals surface area contributed by atoms with Crippen LogP contribution < -0.4 is 4.74 Å². The second-order valence-corrected chi connectivity index (χ2v) is 5.26. The van der Waals surface area contributed by atoms with Crippen LogP contribution in [0.2, 0.25) is 0 Å². The molecule has 0 unspecified atom stereocenters. The van der Waals surface area contributed by atoms with E-state index in [-0.39, 0.29) is 5.97 Å². The molecule has 1 heterocycles. The van der Waals surface area contributed by atoms with E-state index in [9.17, 15) is 4.79 Å².